The second-order valence-corrected chi connectivity index (χ2v) is 5.14. The number of rotatable bonds is 3. The molecule has 0 aromatic heterocycles. The second kappa shape index (κ2) is 4.88. The third kappa shape index (κ3) is 3.07. The summed E-state index contributed by atoms with van der Waals surface area (Å²) in [5, 5.41) is 6.41. The molecule has 0 radical (unpaired) electrons. The first kappa shape index (κ1) is 12.1. The topological polar surface area (TPSA) is 41.1 Å². The lowest BCUT2D eigenvalue weighted by atomic mass is 10.00. The SMILES string of the molecule is Cc1ccccc1CC(=O)NC1(C)CCNC1. The summed E-state index contributed by atoms with van der Waals surface area (Å²) < 4.78 is 0. The van der Waals surface area contributed by atoms with Gasteiger partial charge in [0.05, 0.1) is 12.0 Å². The van der Waals surface area contributed by atoms with Crippen molar-refractivity contribution in [3.8, 4) is 0 Å². The fraction of sp³-hybridized carbons (Fsp3) is 0.500. The lowest BCUT2D eigenvalue weighted by Crippen LogP contribution is -2.48. The highest BCUT2D eigenvalue weighted by atomic mass is 16.1. The normalized spacial score (nSPS) is 23.6. The number of amides is 1. The average Bonchev–Trinajstić information content (AvgIpc) is 2.68. The maximum Gasteiger partial charge on any atom is 0.224 e. The van der Waals surface area contributed by atoms with Gasteiger partial charge in [-0.05, 0) is 37.9 Å². The Morgan fingerprint density at radius 3 is 2.88 bits per heavy atom. The van der Waals surface area contributed by atoms with E-state index in [2.05, 4.69) is 17.6 Å². The second-order valence-electron chi connectivity index (χ2n) is 5.14. The van der Waals surface area contributed by atoms with Gasteiger partial charge in [0, 0.05) is 6.54 Å². The molecule has 2 N–H and O–H groups in total. The molecule has 0 bridgehead atoms. The molecule has 3 nitrogen and oxygen atoms in total. The van der Waals surface area contributed by atoms with Crippen LogP contribution in [0.4, 0.5) is 0 Å². The number of hydrogen-bond acceptors (Lipinski definition) is 2. The van der Waals surface area contributed by atoms with Crippen molar-refractivity contribution in [3.63, 3.8) is 0 Å². The van der Waals surface area contributed by atoms with Crippen molar-refractivity contribution in [2.75, 3.05) is 13.1 Å². The van der Waals surface area contributed by atoms with E-state index in [1.807, 2.05) is 31.2 Å². The summed E-state index contributed by atoms with van der Waals surface area (Å²) in [6.45, 7) is 6.00. The number of hydrogen-bond donors (Lipinski definition) is 2. The number of benzene rings is 1. The van der Waals surface area contributed by atoms with E-state index in [1.165, 1.54) is 5.56 Å². The fourth-order valence-corrected chi connectivity index (χ4v) is 2.29. The fourth-order valence-electron chi connectivity index (χ4n) is 2.29. The molecule has 1 unspecified atom stereocenters. The molecule has 17 heavy (non-hydrogen) atoms. The summed E-state index contributed by atoms with van der Waals surface area (Å²) in [5.41, 5.74) is 2.22. The van der Waals surface area contributed by atoms with Crippen LogP contribution in [0.1, 0.15) is 24.5 Å². The molecule has 1 saturated heterocycles. The molecule has 0 aliphatic carbocycles. The van der Waals surface area contributed by atoms with Gasteiger partial charge >= 0.3 is 0 Å². The molecule has 2 rings (SSSR count). The van der Waals surface area contributed by atoms with Gasteiger partial charge in [0.2, 0.25) is 5.91 Å². The molecule has 1 fully saturated rings. The zero-order chi connectivity index (χ0) is 12.3. The summed E-state index contributed by atoms with van der Waals surface area (Å²) in [7, 11) is 0. The first-order chi connectivity index (χ1) is 8.09. The molecule has 0 spiro atoms. The maximum atomic E-state index is 12.0. The monoisotopic (exact) mass is 232 g/mol. The van der Waals surface area contributed by atoms with Gasteiger partial charge in [-0.15, -0.1) is 0 Å². The van der Waals surface area contributed by atoms with Gasteiger partial charge in [-0.1, -0.05) is 24.3 Å². The third-order valence-corrected chi connectivity index (χ3v) is 3.42. The van der Waals surface area contributed by atoms with Crippen LogP contribution < -0.4 is 10.6 Å². The van der Waals surface area contributed by atoms with E-state index in [9.17, 15) is 4.79 Å². The number of aryl methyl sites for hydroxylation is 1. The van der Waals surface area contributed by atoms with Crippen LogP contribution in [0, 0.1) is 6.92 Å². The minimum absolute atomic E-state index is 0.0697. The molecular weight excluding hydrogens is 212 g/mol. The highest BCUT2D eigenvalue weighted by molar-refractivity contribution is 5.79. The van der Waals surface area contributed by atoms with Gasteiger partial charge in [-0.2, -0.15) is 0 Å². The van der Waals surface area contributed by atoms with E-state index in [0.29, 0.717) is 6.42 Å². The van der Waals surface area contributed by atoms with Crippen LogP contribution in [-0.4, -0.2) is 24.5 Å². The van der Waals surface area contributed by atoms with Crippen molar-refractivity contribution in [1.29, 1.82) is 0 Å². The zero-order valence-electron chi connectivity index (χ0n) is 10.5. The van der Waals surface area contributed by atoms with Crippen molar-refractivity contribution in [2.24, 2.45) is 0 Å². The standard InChI is InChI=1S/C14H20N2O/c1-11-5-3-4-6-12(11)9-13(17)16-14(2)7-8-15-10-14/h3-6,15H,7-10H2,1-2H3,(H,16,17). The molecule has 0 saturated carbocycles. The molecule has 1 aliphatic rings. The van der Waals surface area contributed by atoms with Crippen LogP contribution in [0.15, 0.2) is 24.3 Å². The third-order valence-electron chi connectivity index (χ3n) is 3.42. The summed E-state index contributed by atoms with van der Waals surface area (Å²) in [6, 6.07) is 8.04. The lowest BCUT2D eigenvalue weighted by molar-refractivity contribution is -0.122. The van der Waals surface area contributed by atoms with E-state index in [-0.39, 0.29) is 11.4 Å². The largest absolute Gasteiger partial charge is 0.349 e. The Morgan fingerprint density at radius 2 is 2.24 bits per heavy atom. The van der Waals surface area contributed by atoms with Crippen LogP contribution in [-0.2, 0) is 11.2 Å². The molecule has 3 heteroatoms. The predicted molar refractivity (Wildman–Crippen MR) is 68.9 cm³/mol. The predicted octanol–water partition coefficient (Wildman–Crippen LogP) is 1.41. The summed E-state index contributed by atoms with van der Waals surface area (Å²) >= 11 is 0. The van der Waals surface area contributed by atoms with Gasteiger partial charge in [-0.3, -0.25) is 4.79 Å². The van der Waals surface area contributed by atoms with Gasteiger partial charge in [0.1, 0.15) is 0 Å². The molecule has 1 aliphatic heterocycles. The molecule has 1 aromatic carbocycles. The zero-order valence-corrected chi connectivity index (χ0v) is 10.5. The van der Waals surface area contributed by atoms with Crippen molar-refractivity contribution >= 4 is 5.91 Å². The van der Waals surface area contributed by atoms with Crippen molar-refractivity contribution in [3.05, 3.63) is 35.4 Å². The van der Waals surface area contributed by atoms with E-state index >= 15 is 0 Å². The molecule has 1 atom stereocenters. The van der Waals surface area contributed by atoms with E-state index in [1.54, 1.807) is 0 Å². The highest BCUT2D eigenvalue weighted by Crippen LogP contribution is 2.14. The van der Waals surface area contributed by atoms with Crippen LogP contribution in [0.3, 0.4) is 0 Å². The Hall–Kier alpha value is -1.35. The smallest absolute Gasteiger partial charge is 0.224 e. The van der Waals surface area contributed by atoms with Gasteiger partial charge in [-0.25, -0.2) is 0 Å². The van der Waals surface area contributed by atoms with E-state index in [4.69, 9.17) is 0 Å². The van der Waals surface area contributed by atoms with E-state index < -0.39 is 0 Å². The Morgan fingerprint density at radius 1 is 1.47 bits per heavy atom. The van der Waals surface area contributed by atoms with Crippen LogP contribution in [0.2, 0.25) is 0 Å². The highest BCUT2D eigenvalue weighted by Gasteiger charge is 2.29. The lowest BCUT2D eigenvalue weighted by Gasteiger charge is -2.24. The van der Waals surface area contributed by atoms with Gasteiger partial charge in [0.25, 0.3) is 0 Å². The minimum atomic E-state index is -0.0697. The van der Waals surface area contributed by atoms with Crippen LogP contribution in [0.5, 0.6) is 0 Å². The first-order valence-electron chi connectivity index (χ1n) is 6.15. The van der Waals surface area contributed by atoms with E-state index in [0.717, 1.165) is 25.1 Å². The molecule has 92 valence electrons. The van der Waals surface area contributed by atoms with Crippen molar-refractivity contribution in [2.45, 2.75) is 32.2 Å². The van der Waals surface area contributed by atoms with Gasteiger partial charge < -0.3 is 10.6 Å². The first-order valence-corrected chi connectivity index (χ1v) is 6.15. The summed E-state index contributed by atoms with van der Waals surface area (Å²) in [4.78, 5) is 12.0. The Kier molecular flexibility index (Phi) is 3.48. The summed E-state index contributed by atoms with van der Waals surface area (Å²) in [5.74, 6) is 0.116. The summed E-state index contributed by atoms with van der Waals surface area (Å²) in [6.07, 6.45) is 1.48. The molecule has 1 amide bonds. The van der Waals surface area contributed by atoms with Crippen molar-refractivity contribution in [1.82, 2.24) is 10.6 Å². The minimum Gasteiger partial charge on any atom is -0.349 e. The number of carbonyl (C=O) groups is 1. The Labute approximate surface area is 103 Å². The molecule has 1 heterocycles. The van der Waals surface area contributed by atoms with Crippen molar-refractivity contribution < 1.29 is 4.79 Å². The molecule has 1 aromatic rings. The van der Waals surface area contributed by atoms with Crippen LogP contribution in [0.25, 0.3) is 0 Å². The maximum absolute atomic E-state index is 12.0. The Balaban J connectivity index is 1.96. The molecular formula is C14H20N2O. The number of nitrogens with one attached hydrogen (secondary N) is 2. The number of carbonyl (C=O) groups excluding carboxylic acids is 1. The quantitative estimate of drug-likeness (QED) is 0.827. The Bertz CT molecular complexity index is 408. The van der Waals surface area contributed by atoms with Crippen LogP contribution >= 0.6 is 0 Å². The average molecular weight is 232 g/mol. The van der Waals surface area contributed by atoms with Gasteiger partial charge in [0.15, 0.2) is 0 Å².